The first-order valence-electron chi connectivity index (χ1n) is 8.64. The molecule has 3 rings (SSSR count). The smallest absolute Gasteiger partial charge is 0.143 e. The Morgan fingerprint density at radius 1 is 1.23 bits per heavy atom. The lowest BCUT2D eigenvalue weighted by molar-refractivity contribution is 0.251. The Balaban J connectivity index is 1.82. The van der Waals surface area contributed by atoms with Crippen molar-refractivity contribution >= 4 is 29.4 Å². The molecule has 0 bridgehead atoms. The van der Waals surface area contributed by atoms with Crippen molar-refractivity contribution in [3.8, 4) is 11.5 Å². The highest BCUT2D eigenvalue weighted by atomic mass is 35.5. The first-order valence-corrected chi connectivity index (χ1v) is 9.40. The summed E-state index contributed by atoms with van der Waals surface area (Å²) in [5.41, 5.74) is 1.70. The fraction of sp³-hybridized carbons (Fsp3) is 0.350. The zero-order valence-electron chi connectivity index (χ0n) is 14.7. The predicted octanol–water partition coefficient (Wildman–Crippen LogP) is 4.96. The zero-order valence-corrected chi connectivity index (χ0v) is 16.2. The van der Waals surface area contributed by atoms with E-state index in [0.717, 1.165) is 18.8 Å². The van der Waals surface area contributed by atoms with E-state index in [0.29, 0.717) is 17.1 Å². The molecule has 1 saturated heterocycles. The van der Waals surface area contributed by atoms with Gasteiger partial charge in [0, 0.05) is 16.8 Å². The molecule has 1 aliphatic heterocycles. The first kappa shape index (κ1) is 19.0. The van der Waals surface area contributed by atoms with Crippen molar-refractivity contribution in [1.82, 2.24) is 4.90 Å². The minimum atomic E-state index is -0.00100. The average Bonchev–Trinajstić information content (AvgIpc) is 3.17. The SMILES string of the molecule is COc1cccc([C@H](CN=Cc2cc(Cl)cc(Cl)c2O)N2CCCC2)c1. The minimum Gasteiger partial charge on any atom is -0.506 e. The van der Waals surface area contributed by atoms with Gasteiger partial charge in [-0.05, 0) is 55.8 Å². The van der Waals surface area contributed by atoms with Gasteiger partial charge in [0.15, 0.2) is 0 Å². The number of hydrogen-bond donors (Lipinski definition) is 1. The Morgan fingerprint density at radius 3 is 2.73 bits per heavy atom. The average molecular weight is 393 g/mol. The van der Waals surface area contributed by atoms with Crippen LogP contribution in [0, 0.1) is 0 Å². The number of ether oxygens (including phenoxy) is 1. The molecule has 26 heavy (non-hydrogen) atoms. The molecule has 0 radical (unpaired) electrons. The van der Waals surface area contributed by atoms with Crippen molar-refractivity contribution in [2.75, 3.05) is 26.7 Å². The van der Waals surface area contributed by atoms with E-state index in [1.54, 1.807) is 19.4 Å². The van der Waals surface area contributed by atoms with Crippen molar-refractivity contribution in [3.05, 3.63) is 57.6 Å². The van der Waals surface area contributed by atoms with Gasteiger partial charge in [0.2, 0.25) is 0 Å². The molecule has 0 aromatic heterocycles. The monoisotopic (exact) mass is 392 g/mol. The van der Waals surface area contributed by atoms with E-state index >= 15 is 0 Å². The number of phenols is 1. The number of aromatic hydroxyl groups is 1. The maximum atomic E-state index is 10.1. The lowest BCUT2D eigenvalue weighted by Crippen LogP contribution is -2.27. The number of methoxy groups -OCH3 is 1. The van der Waals surface area contributed by atoms with E-state index in [1.165, 1.54) is 24.5 Å². The minimum absolute atomic E-state index is 0.00100. The van der Waals surface area contributed by atoms with Gasteiger partial charge in [-0.25, -0.2) is 0 Å². The second-order valence-corrected chi connectivity index (χ2v) is 7.20. The summed E-state index contributed by atoms with van der Waals surface area (Å²) in [5, 5.41) is 10.8. The fourth-order valence-electron chi connectivity index (χ4n) is 3.27. The number of phenolic OH excluding ortho intramolecular Hbond substituents is 1. The van der Waals surface area contributed by atoms with Gasteiger partial charge in [-0.2, -0.15) is 0 Å². The molecule has 0 saturated carbocycles. The van der Waals surface area contributed by atoms with E-state index in [1.807, 2.05) is 12.1 Å². The van der Waals surface area contributed by atoms with Crippen LogP contribution in [0.25, 0.3) is 0 Å². The van der Waals surface area contributed by atoms with Crippen molar-refractivity contribution < 1.29 is 9.84 Å². The first-order chi connectivity index (χ1) is 12.6. The molecule has 1 fully saturated rings. The Labute approximate surface area is 164 Å². The summed E-state index contributed by atoms with van der Waals surface area (Å²) < 4.78 is 5.36. The molecule has 0 aliphatic carbocycles. The molecule has 2 aromatic rings. The molecule has 1 N–H and O–H groups in total. The van der Waals surface area contributed by atoms with Gasteiger partial charge >= 0.3 is 0 Å². The Morgan fingerprint density at radius 2 is 2.00 bits per heavy atom. The van der Waals surface area contributed by atoms with E-state index in [2.05, 4.69) is 22.0 Å². The van der Waals surface area contributed by atoms with Gasteiger partial charge < -0.3 is 9.84 Å². The third-order valence-electron chi connectivity index (χ3n) is 4.63. The van der Waals surface area contributed by atoms with E-state index in [-0.39, 0.29) is 16.8 Å². The third-order valence-corrected chi connectivity index (χ3v) is 5.13. The van der Waals surface area contributed by atoms with Gasteiger partial charge in [-0.15, -0.1) is 0 Å². The molecule has 138 valence electrons. The number of halogens is 2. The molecule has 2 aromatic carbocycles. The molecule has 0 spiro atoms. The molecule has 1 atom stereocenters. The van der Waals surface area contributed by atoms with Crippen LogP contribution < -0.4 is 4.74 Å². The van der Waals surface area contributed by atoms with Gasteiger partial charge in [0.05, 0.1) is 24.7 Å². The van der Waals surface area contributed by atoms with Crippen LogP contribution in [0.1, 0.15) is 30.0 Å². The number of hydrogen-bond acceptors (Lipinski definition) is 4. The molecule has 0 unspecified atom stereocenters. The molecular weight excluding hydrogens is 371 g/mol. The van der Waals surface area contributed by atoms with E-state index in [4.69, 9.17) is 27.9 Å². The predicted molar refractivity (Wildman–Crippen MR) is 107 cm³/mol. The highest BCUT2D eigenvalue weighted by Gasteiger charge is 2.23. The van der Waals surface area contributed by atoms with Gasteiger partial charge in [-0.3, -0.25) is 9.89 Å². The fourth-order valence-corrected chi connectivity index (χ4v) is 3.78. The molecule has 1 heterocycles. The van der Waals surface area contributed by atoms with E-state index < -0.39 is 0 Å². The topological polar surface area (TPSA) is 45.1 Å². The lowest BCUT2D eigenvalue weighted by Gasteiger charge is -2.26. The summed E-state index contributed by atoms with van der Waals surface area (Å²) in [7, 11) is 1.67. The number of nitrogens with zero attached hydrogens (tertiary/aromatic N) is 2. The maximum Gasteiger partial charge on any atom is 0.143 e. The van der Waals surface area contributed by atoms with Gasteiger partial charge in [-0.1, -0.05) is 35.3 Å². The largest absolute Gasteiger partial charge is 0.506 e. The van der Waals surface area contributed by atoms with Crippen LogP contribution in [0.15, 0.2) is 41.4 Å². The van der Waals surface area contributed by atoms with Gasteiger partial charge in [0.1, 0.15) is 11.5 Å². The van der Waals surface area contributed by atoms with Crippen LogP contribution >= 0.6 is 23.2 Å². The summed E-state index contributed by atoms with van der Waals surface area (Å²) in [6.07, 6.45) is 4.04. The number of benzene rings is 2. The van der Waals surface area contributed by atoms with Crippen molar-refractivity contribution in [2.24, 2.45) is 4.99 Å². The molecule has 1 aliphatic rings. The lowest BCUT2D eigenvalue weighted by atomic mass is 10.1. The summed E-state index contributed by atoms with van der Waals surface area (Å²) in [6.45, 7) is 2.70. The molecule has 0 amide bonds. The zero-order chi connectivity index (χ0) is 18.5. The Kier molecular flexibility index (Phi) is 6.41. The Hall–Kier alpha value is -1.75. The van der Waals surface area contributed by atoms with E-state index in [9.17, 15) is 5.11 Å². The summed E-state index contributed by atoms with van der Waals surface area (Å²) in [5.74, 6) is 0.842. The van der Waals surface area contributed by atoms with Crippen molar-refractivity contribution in [2.45, 2.75) is 18.9 Å². The summed E-state index contributed by atoms with van der Waals surface area (Å²) >= 11 is 12.0. The highest BCUT2D eigenvalue weighted by Crippen LogP contribution is 2.31. The second kappa shape index (κ2) is 8.76. The summed E-state index contributed by atoms with van der Waals surface area (Å²) in [4.78, 5) is 7.02. The third kappa shape index (κ3) is 4.50. The molecule has 6 heteroatoms. The van der Waals surface area contributed by atoms with Crippen molar-refractivity contribution in [1.29, 1.82) is 0 Å². The number of aliphatic imine (C=N–C) groups is 1. The summed E-state index contributed by atoms with van der Waals surface area (Å²) in [6, 6.07) is 11.5. The Bertz CT molecular complexity index is 789. The van der Waals surface area contributed by atoms with Crippen LogP contribution in [0.3, 0.4) is 0 Å². The quantitative estimate of drug-likeness (QED) is 0.706. The van der Waals surface area contributed by atoms with Crippen LogP contribution in [0.2, 0.25) is 10.0 Å². The van der Waals surface area contributed by atoms with Crippen LogP contribution in [0.4, 0.5) is 0 Å². The highest BCUT2D eigenvalue weighted by molar-refractivity contribution is 6.36. The number of likely N-dealkylation sites (tertiary alicyclic amines) is 1. The standard InChI is InChI=1S/C20H22Cl2N2O2/c1-26-17-6-4-5-14(10-17)19(24-7-2-3-8-24)13-23-12-15-9-16(21)11-18(22)20(15)25/h4-6,9-12,19,25H,2-3,7-8,13H2,1H3/t19-/m0/s1. The molecule has 4 nitrogen and oxygen atoms in total. The normalized spacial score (nSPS) is 16.3. The van der Waals surface area contributed by atoms with Crippen LogP contribution in [-0.2, 0) is 0 Å². The second-order valence-electron chi connectivity index (χ2n) is 6.36. The van der Waals surface area contributed by atoms with Gasteiger partial charge in [0.25, 0.3) is 0 Å². The maximum absolute atomic E-state index is 10.1. The van der Waals surface area contributed by atoms with Crippen LogP contribution in [-0.4, -0.2) is 43.0 Å². The number of rotatable bonds is 6. The van der Waals surface area contributed by atoms with Crippen molar-refractivity contribution in [3.63, 3.8) is 0 Å². The van der Waals surface area contributed by atoms with Crippen LogP contribution in [0.5, 0.6) is 11.5 Å². The molecular formula is C20H22Cl2N2O2.